The average Bonchev–Trinajstić information content (AvgIpc) is 2.46. The van der Waals surface area contributed by atoms with Gasteiger partial charge >= 0.3 is 0 Å². The van der Waals surface area contributed by atoms with E-state index in [9.17, 15) is 0 Å². The SMILES string of the molecule is CCNC(CC12CC3CC(CC(C3)C1)C2)C1=COCCC1. The maximum Gasteiger partial charge on any atom is 0.0876 e. The molecular weight excluding hydrogens is 258 g/mol. The Hall–Kier alpha value is -0.500. The standard InChI is InChI=1S/C19H31NO/c1-2-20-18(17-4-3-5-21-13-17)12-19-9-14-6-15(10-19)8-16(7-14)11-19/h13-16,18,20H,2-12H2,1H3. The molecule has 2 heteroatoms. The van der Waals surface area contributed by atoms with Gasteiger partial charge in [-0.05, 0) is 93.1 Å². The van der Waals surface area contributed by atoms with Crippen molar-refractivity contribution >= 4 is 0 Å². The highest BCUT2D eigenvalue weighted by atomic mass is 16.5. The molecule has 0 amide bonds. The van der Waals surface area contributed by atoms with E-state index in [1.807, 2.05) is 0 Å². The molecule has 0 aromatic heterocycles. The molecule has 0 spiro atoms. The van der Waals surface area contributed by atoms with Crippen molar-refractivity contribution in [1.82, 2.24) is 5.32 Å². The highest BCUT2D eigenvalue weighted by Crippen LogP contribution is 2.61. The number of hydrogen-bond donors (Lipinski definition) is 1. The van der Waals surface area contributed by atoms with E-state index in [0.29, 0.717) is 11.5 Å². The van der Waals surface area contributed by atoms with Crippen molar-refractivity contribution in [3.05, 3.63) is 11.8 Å². The van der Waals surface area contributed by atoms with Gasteiger partial charge in [-0.1, -0.05) is 6.92 Å². The fourth-order valence-corrected chi connectivity index (χ4v) is 6.39. The van der Waals surface area contributed by atoms with Crippen molar-refractivity contribution in [3.8, 4) is 0 Å². The molecule has 1 unspecified atom stereocenters. The van der Waals surface area contributed by atoms with Gasteiger partial charge in [-0.15, -0.1) is 0 Å². The second-order valence-electron chi connectivity index (χ2n) is 8.40. The topological polar surface area (TPSA) is 21.3 Å². The number of hydrogen-bond acceptors (Lipinski definition) is 2. The predicted molar refractivity (Wildman–Crippen MR) is 86.0 cm³/mol. The molecule has 0 radical (unpaired) electrons. The number of ether oxygens (including phenoxy) is 1. The van der Waals surface area contributed by atoms with Crippen LogP contribution in [0.4, 0.5) is 0 Å². The molecule has 1 aliphatic heterocycles. The van der Waals surface area contributed by atoms with E-state index in [0.717, 1.165) is 30.9 Å². The van der Waals surface area contributed by atoms with Gasteiger partial charge in [-0.2, -0.15) is 0 Å². The quantitative estimate of drug-likeness (QED) is 0.816. The first-order valence-corrected chi connectivity index (χ1v) is 9.30. The smallest absolute Gasteiger partial charge is 0.0876 e. The zero-order valence-electron chi connectivity index (χ0n) is 13.6. The summed E-state index contributed by atoms with van der Waals surface area (Å²) >= 11 is 0. The Morgan fingerprint density at radius 1 is 1.19 bits per heavy atom. The molecule has 0 saturated heterocycles. The van der Waals surface area contributed by atoms with Gasteiger partial charge in [-0.3, -0.25) is 0 Å². The molecule has 4 saturated carbocycles. The van der Waals surface area contributed by atoms with E-state index in [1.165, 1.54) is 38.5 Å². The van der Waals surface area contributed by atoms with Crippen LogP contribution in [-0.4, -0.2) is 19.2 Å². The Bertz CT molecular complexity index is 379. The molecule has 1 atom stereocenters. The van der Waals surface area contributed by atoms with Gasteiger partial charge in [-0.25, -0.2) is 0 Å². The third-order valence-corrected chi connectivity index (χ3v) is 6.66. The predicted octanol–water partition coefficient (Wildman–Crippen LogP) is 4.27. The van der Waals surface area contributed by atoms with Crippen molar-refractivity contribution in [2.45, 2.75) is 70.8 Å². The van der Waals surface area contributed by atoms with E-state index >= 15 is 0 Å². The van der Waals surface area contributed by atoms with Gasteiger partial charge < -0.3 is 10.1 Å². The third-order valence-electron chi connectivity index (χ3n) is 6.66. The molecule has 1 N–H and O–H groups in total. The largest absolute Gasteiger partial charge is 0.501 e. The highest BCUT2D eigenvalue weighted by Gasteiger charge is 2.51. The maximum atomic E-state index is 5.63. The molecule has 1 heterocycles. The minimum absolute atomic E-state index is 0.576. The van der Waals surface area contributed by atoms with Crippen LogP contribution in [0.2, 0.25) is 0 Å². The third kappa shape index (κ3) is 2.76. The molecule has 0 aromatic carbocycles. The summed E-state index contributed by atoms with van der Waals surface area (Å²) in [5, 5.41) is 3.78. The molecule has 21 heavy (non-hydrogen) atoms. The molecule has 2 nitrogen and oxygen atoms in total. The zero-order chi connectivity index (χ0) is 14.3. The molecule has 0 aromatic rings. The number of nitrogens with one attached hydrogen (secondary N) is 1. The van der Waals surface area contributed by atoms with Gasteiger partial charge in [0.05, 0.1) is 12.9 Å². The Morgan fingerprint density at radius 3 is 2.38 bits per heavy atom. The van der Waals surface area contributed by atoms with Crippen molar-refractivity contribution in [1.29, 1.82) is 0 Å². The van der Waals surface area contributed by atoms with E-state index in [-0.39, 0.29) is 0 Å². The van der Waals surface area contributed by atoms with Crippen LogP contribution >= 0.6 is 0 Å². The summed E-state index contributed by atoms with van der Waals surface area (Å²) in [4.78, 5) is 0. The van der Waals surface area contributed by atoms with Crippen LogP contribution in [-0.2, 0) is 4.74 Å². The van der Waals surface area contributed by atoms with Gasteiger partial charge in [0.2, 0.25) is 0 Å². The summed E-state index contributed by atoms with van der Waals surface area (Å²) < 4.78 is 5.63. The van der Waals surface area contributed by atoms with Crippen molar-refractivity contribution < 1.29 is 4.74 Å². The second-order valence-corrected chi connectivity index (χ2v) is 8.40. The monoisotopic (exact) mass is 289 g/mol. The second kappa shape index (κ2) is 5.61. The molecule has 118 valence electrons. The minimum Gasteiger partial charge on any atom is -0.501 e. The average molecular weight is 289 g/mol. The molecule has 5 rings (SSSR count). The first kappa shape index (κ1) is 14.1. The fraction of sp³-hybridized carbons (Fsp3) is 0.895. The summed E-state index contributed by atoms with van der Waals surface area (Å²) in [6, 6.07) is 0.576. The normalized spacial score (nSPS) is 42.5. The summed E-state index contributed by atoms with van der Waals surface area (Å²) in [6.07, 6.45) is 15.1. The Morgan fingerprint density at radius 2 is 1.86 bits per heavy atom. The first-order valence-electron chi connectivity index (χ1n) is 9.30. The van der Waals surface area contributed by atoms with E-state index in [2.05, 4.69) is 18.5 Å². The Kier molecular flexibility index (Phi) is 3.77. The Labute approximate surface area is 129 Å². The lowest BCUT2D eigenvalue weighted by atomic mass is 9.48. The molecular formula is C19H31NO. The van der Waals surface area contributed by atoms with E-state index in [1.54, 1.807) is 24.8 Å². The van der Waals surface area contributed by atoms with Crippen molar-refractivity contribution in [3.63, 3.8) is 0 Å². The van der Waals surface area contributed by atoms with Crippen molar-refractivity contribution in [2.75, 3.05) is 13.2 Å². The van der Waals surface area contributed by atoms with Crippen LogP contribution in [0.1, 0.15) is 64.7 Å². The van der Waals surface area contributed by atoms with E-state index in [4.69, 9.17) is 4.74 Å². The molecule has 4 bridgehead atoms. The minimum atomic E-state index is 0.576. The lowest BCUT2D eigenvalue weighted by molar-refractivity contribution is -0.0606. The van der Waals surface area contributed by atoms with Gasteiger partial charge in [0.15, 0.2) is 0 Å². The molecule has 4 fully saturated rings. The van der Waals surface area contributed by atoms with Crippen molar-refractivity contribution in [2.24, 2.45) is 23.2 Å². The first-order chi connectivity index (χ1) is 10.3. The van der Waals surface area contributed by atoms with Crippen LogP contribution in [0.15, 0.2) is 11.8 Å². The summed E-state index contributed by atoms with van der Waals surface area (Å²) in [5.41, 5.74) is 2.21. The fourth-order valence-electron chi connectivity index (χ4n) is 6.39. The number of likely N-dealkylation sites (N-methyl/N-ethyl adjacent to an activating group) is 1. The van der Waals surface area contributed by atoms with E-state index < -0.39 is 0 Å². The summed E-state index contributed by atoms with van der Waals surface area (Å²) in [6.45, 7) is 4.24. The summed E-state index contributed by atoms with van der Waals surface area (Å²) in [5.74, 6) is 3.19. The maximum absolute atomic E-state index is 5.63. The van der Waals surface area contributed by atoms with Crippen LogP contribution < -0.4 is 5.32 Å². The number of rotatable bonds is 5. The highest BCUT2D eigenvalue weighted by molar-refractivity contribution is 5.13. The lowest BCUT2D eigenvalue weighted by Gasteiger charge is -2.58. The Balaban J connectivity index is 1.51. The van der Waals surface area contributed by atoms with Gasteiger partial charge in [0.25, 0.3) is 0 Å². The lowest BCUT2D eigenvalue weighted by Crippen LogP contribution is -2.49. The van der Waals surface area contributed by atoms with Gasteiger partial charge in [0.1, 0.15) is 0 Å². The van der Waals surface area contributed by atoms with Crippen LogP contribution in [0.3, 0.4) is 0 Å². The molecule has 4 aliphatic carbocycles. The van der Waals surface area contributed by atoms with Gasteiger partial charge in [0, 0.05) is 6.04 Å². The zero-order valence-corrected chi connectivity index (χ0v) is 13.6. The molecule has 5 aliphatic rings. The summed E-state index contributed by atoms with van der Waals surface area (Å²) in [7, 11) is 0. The van der Waals surface area contributed by atoms with Crippen LogP contribution in [0.25, 0.3) is 0 Å². The van der Waals surface area contributed by atoms with Crippen LogP contribution in [0, 0.1) is 23.2 Å². The van der Waals surface area contributed by atoms with Crippen LogP contribution in [0.5, 0.6) is 0 Å².